The van der Waals surface area contributed by atoms with Gasteiger partial charge in [-0.2, -0.15) is 26.3 Å². The molecule has 0 spiro atoms. The van der Waals surface area contributed by atoms with Gasteiger partial charge in [0, 0.05) is 22.5 Å². The second kappa shape index (κ2) is 10.2. The van der Waals surface area contributed by atoms with Crippen LogP contribution < -0.4 is 4.74 Å². The Morgan fingerprint density at radius 1 is 1.03 bits per heavy atom. The highest BCUT2D eigenvalue weighted by molar-refractivity contribution is 5.70. The molecule has 5 nitrogen and oxygen atoms in total. The molecule has 0 saturated heterocycles. The minimum atomic E-state index is -4.97. The maximum absolute atomic E-state index is 13.2. The zero-order chi connectivity index (χ0) is 25.0. The van der Waals surface area contributed by atoms with E-state index in [9.17, 15) is 31.1 Å². The Hall–Kier alpha value is -3.08. The van der Waals surface area contributed by atoms with Crippen LogP contribution in [0.1, 0.15) is 39.2 Å². The van der Waals surface area contributed by atoms with Crippen molar-refractivity contribution in [1.29, 1.82) is 0 Å². The minimum Gasteiger partial charge on any atom is -0.437 e. The van der Waals surface area contributed by atoms with Crippen molar-refractivity contribution in [2.75, 3.05) is 13.7 Å². The average Bonchev–Trinajstić information content (AvgIpc) is 2.71. The molecule has 1 aromatic carbocycles. The van der Waals surface area contributed by atoms with Crippen molar-refractivity contribution in [2.24, 2.45) is 0 Å². The Morgan fingerprint density at radius 3 is 2.27 bits per heavy atom. The number of pyridine rings is 1. The summed E-state index contributed by atoms with van der Waals surface area (Å²) in [6, 6.07) is 1.38. The van der Waals surface area contributed by atoms with Crippen LogP contribution in [0.25, 0.3) is 6.08 Å². The molecule has 0 N–H and O–H groups in total. The van der Waals surface area contributed by atoms with Crippen molar-refractivity contribution < 1.29 is 45.3 Å². The predicted octanol–water partition coefficient (Wildman–Crippen LogP) is 6.42. The molecule has 0 unspecified atom stereocenters. The summed E-state index contributed by atoms with van der Waals surface area (Å²) in [6.07, 6.45) is -7.83. The van der Waals surface area contributed by atoms with E-state index < -0.39 is 41.8 Å². The number of carbonyl (C=O) groups is 1. The molecule has 0 fully saturated rings. The molecule has 0 amide bonds. The first-order valence-corrected chi connectivity index (χ1v) is 9.51. The zero-order valence-electron chi connectivity index (χ0n) is 18.1. The van der Waals surface area contributed by atoms with E-state index in [-0.39, 0.29) is 18.4 Å². The van der Waals surface area contributed by atoms with E-state index in [0.717, 1.165) is 13.2 Å². The SMILES string of the molecule is COC(=O)Oc1c(C)c(C)nc(C)c1/C=C/COCc1ccc(C(F)(F)F)cc1C(F)(F)F. The number of carbonyl (C=O) groups excluding carboxylic acids is 1. The molecule has 0 atom stereocenters. The molecular weight excluding hydrogens is 456 g/mol. The fraction of sp³-hybridized carbons (Fsp3) is 0.364. The number of ether oxygens (including phenoxy) is 3. The Bertz CT molecular complexity index is 1040. The summed E-state index contributed by atoms with van der Waals surface area (Å²) in [5.74, 6) is 0.213. The van der Waals surface area contributed by atoms with Crippen LogP contribution in [-0.2, 0) is 28.4 Å². The van der Waals surface area contributed by atoms with Gasteiger partial charge in [0.15, 0.2) is 0 Å². The van der Waals surface area contributed by atoms with Crippen LogP contribution in [0.4, 0.5) is 31.1 Å². The van der Waals surface area contributed by atoms with Crippen molar-refractivity contribution in [3.8, 4) is 5.75 Å². The van der Waals surface area contributed by atoms with Crippen LogP contribution in [-0.4, -0.2) is 24.9 Å². The van der Waals surface area contributed by atoms with Crippen molar-refractivity contribution in [3.05, 3.63) is 63.5 Å². The van der Waals surface area contributed by atoms with E-state index in [0.29, 0.717) is 28.6 Å². The number of benzene rings is 1. The number of alkyl halides is 6. The molecule has 33 heavy (non-hydrogen) atoms. The third-order valence-corrected chi connectivity index (χ3v) is 4.70. The average molecular weight is 477 g/mol. The van der Waals surface area contributed by atoms with Crippen molar-refractivity contribution in [1.82, 2.24) is 4.98 Å². The number of methoxy groups -OCH3 is 1. The number of halogens is 6. The Kier molecular flexibility index (Phi) is 8.12. The van der Waals surface area contributed by atoms with Crippen molar-refractivity contribution in [2.45, 2.75) is 39.7 Å². The van der Waals surface area contributed by atoms with E-state index >= 15 is 0 Å². The van der Waals surface area contributed by atoms with Gasteiger partial charge in [0.2, 0.25) is 0 Å². The molecule has 1 heterocycles. The van der Waals surface area contributed by atoms with Gasteiger partial charge in [-0.3, -0.25) is 4.98 Å². The van der Waals surface area contributed by atoms with Crippen LogP contribution in [0.3, 0.4) is 0 Å². The lowest BCUT2D eigenvalue weighted by Gasteiger charge is -2.16. The Labute approximate surface area is 186 Å². The molecule has 2 rings (SSSR count). The minimum absolute atomic E-state index is 0.0646. The standard InChI is InChI=1S/C22H21F6NO4/c1-12-13(2)29-14(3)17(19(12)33-20(30)31-4)6-5-9-32-11-15-7-8-16(21(23,24)25)10-18(15)22(26,27)28/h5-8,10H,9,11H2,1-4H3/b6-5+. The van der Waals surface area contributed by atoms with Crippen molar-refractivity contribution in [3.63, 3.8) is 0 Å². The van der Waals surface area contributed by atoms with E-state index in [2.05, 4.69) is 9.72 Å². The molecule has 2 aromatic rings. The molecular formula is C22H21F6NO4. The number of nitrogens with zero attached hydrogens (tertiary/aromatic N) is 1. The van der Waals surface area contributed by atoms with Gasteiger partial charge in [0.05, 0.1) is 31.5 Å². The van der Waals surface area contributed by atoms with Gasteiger partial charge in [-0.05, 0) is 38.5 Å². The molecule has 11 heteroatoms. The molecule has 0 bridgehead atoms. The van der Waals surface area contributed by atoms with E-state index in [1.165, 1.54) is 12.2 Å². The smallest absolute Gasteiger partial charge is 0.437 e. The molecule has 1 aromatic heterocycles. The lowest BCUT2D eigenvalue weighted by Crippen LogP contribution is -2.14. The maximum Gasteiger partial charge on any atom is 0.513 e. The van der Waals surface area contributed by atoms with Crippen LogP contribution in [0, 0.1) is 20.8 Å². The number of aryl methyl sites for hydroxylation is 2. The van der Waals surface area contributed by atoms with E-state index in [1.807, 2.05) is 0 Å². The number of rotatable bonds is 6. The third-order valence-electron chi connectivity index (χ3n) is 4.70. The lowest BCUT2D eigenvalue weighted by molar-refractivity contribution is -0.143. The Morgan fingerprint density at radius 2 is 1.70 bits per heavy atom. The van der Waals surface area contributed by atoms with Gasteiger partial charge in [0.1, 0.15) is 5.75 Å². The second-order valence-corrected chi connectivity index (χ2v) is 6.99. The molecule has 0 aliphatic carbocycles. The van der Waals surface area contributed by atoms with Gasteiger partial charge in [-0.1, -0.05) is 18.2 Å². The van der Waals surface area contributed by atoms with Crippen LogP contribution in [0.15, 0.2) is 24.3 Å². The topological polar surface area (TPSA) is 57.7 Å². The number of hydrogen-bond acceptors (Lipinski definition) is 5. The second-order valence-electron chi connectivity index (χ2n) is 6.99. The van der Waals surface area contributed by atoms with Crippen molar-refractivity contribution >= 4 is 12.2 Å². The molecule has 0 saturated carbocycles. The van der Waals surface area contributed by atoms with Gasteiger partial charge in [0.25, 0.3) is 0 Å². The molecule has 180 valence electrons. The fourth-order valence-corrected chi connectivity index (χ4v) is 2.92. The first kappa shape index (κ1) is 26.2. The largest absolute Gasteiger partial charge is 0.513 e. The quantitative estimate of drug-likeness (QED) is 0.273. The summed E-state index contributed by atoms with van der Waals surface area (Å²) in [5.41, 5.74) is -1.05. The third kappa shape index (κ3) is 6.70. The normalized spacial score (nSPS) is 12.3. The summed E-state index contributed by atoms with van der Waals surface area (Å²) in [5, 5.41) is 0. The van der Waals surface area contributed by atoms with E-state index in [4.69, 9.17) is 9.47 Å². The highest BCUT2D eigenvalue weighted by atomic mass is 19.4. The number of aromatic nitrogens is 1. The van der Waals surface area contributed by atoms with E-state index in [1.54, 1.807) is 20.8 Å². The monoisotopic (exact) mass is 477 g/mol. The summed E-state index contributed by atoms with van der Waals surface area (Å²) in [6.45, 7) is 4.37. The first-order chi connectivity index (χ1) is 15.3. The van der Waals surface area contributed by atoms with Crippen LogP contribution in [0.5, 0.6) is 5.75 Å². The number of hydrogen-bond donors (Lipinski definition) is 0. The van der Waals surface area contributed by atoms with Gasteiger partial charge in [-0.15, -0.1) is 0 Å². The van der Waals surface area contributed by atoms with Gasteiger partial charge < -0.3 is 14.2 Å². The molecule has 0 aliphatic heterocycles. The first-order valence-electron chi connectivity index (χ1n) is 9.51. The van der Waals surface area contributed by atoms with Gasteiger partial charge in [-0.25, -0.2) is 4.79 Å². The highest BCUT2D eigenvalue weighted by Gasteiger charge is 2.38. The summed E-state index contributed by atoms with van der Waals surface area (Å²) >= 11 is 0. The highest BCUT2D eigenvalue weighted by Crippen LogP contribution is 2.37. The molecule has 0 aliphatic rings. The Balaban J connectivity index is 2.18. The van der Waals surface area contributed by atoms with Crippen LogP contribution >= 0.6 is 0 Å². The lowest BCUT2D eigenvalue weighted by atomic mass is 10.0. The molecule has 0 radical (unpaired) electrons. The zero-order valence-corrected chi connectivity index (χ0v) is 18.1. The summed E-state index contributed by atoms with van der Waals surface area (Å²) < 4.78 is 92.9. The summed E-state index contributed by atoms with van der Waals surface area (Å²) in [4.78, 5) is 15.9. The predicted molar refractivity (Wildman–Crippen MR) is 107 cm³/mol. The maximum atomic E-state index is 13.2. The fourth-order valence-electron chi connectivity index (χ4n) is 2.92. The summed E-state index contributed by atoms with van der Waals surface area (Å²) in [7, 11) is 1.15. The van der Waals surface area contributed by atoms with Gasteiger partial charge >= 0.3 is 18.5 Å². The van der Waals surface area contributed by atoms with Crippen LogP contribution in [0.2, 0.25) is 0 Å².